The van der Waals surface area contributed by atoms with Gasteiger partial charge in [0, 0.05) is 19.5 Å². The van der Waals surface area contributed by atoms with Gasteiger partial charge in [-0.2, -0.15) is 9.97 Å². The fourth-order valence-electron chi connectivity index (χ4n) is 4.77. The second-order valence-electron chi connectivity index (χ2n) is 9.43. The van der Waals surface area contributed by atoms with E-state index in [1.807, 2.05) is 18.7 Å². The number of anilines is 2. The zero-order valence-corrected chi connectivity index (χ0v) is 18.3. The molecular formula is C20H32N8O3. The minimum atomic E-state index is -1.08. The van der Waals surface area contributed by atoms with Crippen LogP contribution in [-0.2, 0) is 9.53 Å². The Kier molecular flexibility index (Phi) is 5.31. The third-order valence-corrected chi connectivity index (χ3v) is 6.74. The van der Waals surface area contributed by atoms with Gasteiger partial charge in [0.2, 0.25) is 11.9 Å². The maximum Gasteiger partial charge on any atom is 0.239 e. The fourth-order valence-corrected chi connectivity index (χ4v) is 4.77. The average molecular weight is 433 g/mol. The quantitative estimate of drug-likeness (QED) is 0.523. The van der Waals surface area contributed by atoms with Crippen molar-refractivity contribution in [2.24, 2.45) is 11.7 Å². The van der Waals surface area contributed by atoms with Crippen LogP contribution in [0.3, 0.4) is 0 Å². The molecule has 2 fully saturated rings. The smallest absolute Gasteiger partial charge is 0.239 e. The molecule has 170 valence electrons. The first-order chi connectivity index (χ1) is 14.5. The van der Waals surface area contributed by atoms with Crippen molar-refractivity contribution in [2.45, 2.75) is 63.3 Å². The summed E-state index contributed by atoms with van der Waals surface area (Å²) in [6.07, 6.45) is 3.32. The van der Waals surface area contributed by atoms with E-state index in [9.17, 15) is 9.90 Å². The summed E-state index contributed by atoms with van der Waals surface area (Å²) in [5, 5.41) is 11.4. The zero-order chi connectivity index (χ0) is 22.6. The number of hydrogen-bond donors (Lipinski definition) is 4. The molecule has 0 bridgehead atoms. The summed E-state index contributed by atoms with van der Waals surface area (Å²) < 4.78 is 8.10. The lowest BCUT2D eigenvalue weighted by molar-refractivity contribution is -0.197. The van der Waals surface area contributed by atoms with Crippen molar-refractivity contribution in [3.05, 3.63) is 6.33 Å². The second kappa shape index (κ2) is 7.57. The minimum Gasteiger partial charge on any atom is -0.388 e. The molecule has 2 aliphatic rings. The molecule has 0 unspecified atom stereocenters. The first kappa shape index (κ1) is 21.7. The van der Waals surface area contributed by atoms with Crippen molar-refractivity contribution < 1.29 is 14.6 Å². The number of ether oxygens (including phenoxy) is 1. The van der Waals surface area contributed by atoms with Crippen LogP contribution in [0.4, 0.5) is 11.8 Å². The van der Waals surface area contributed by atoms with Crippen LogP contribution < -0.4 is 17.2 Å². The number of likely N-dealkylation sites (tertiary alicyclic amines) is 1. The number of carbonyl (C=O) groups excluding carboxylic acids is 1. The molecule has 0 aromatic carbocycles. The van der Waals surface area contributed by atoms with Crippen molar-refractivity contribution in [3.63, 3.8) is 0 Å². The van der Waals surface area contributed by atoms with Gasteiger partial charge in [-0.1, -0.05) is 13.8 Å². The van der Waals surface area contributed by atoms with E-state index in [1.54, 1.807) is 17.8 Å². The van der Waals surface area contributed by atoms with Gasteiger partial charge in [-0.25, -0.2) is 4.98 Å². The summed E-state index contributed by atoms with van der Waals surface area (Å²) in [5.74, 6) is 0.319. The number of piperidine rings is 1. The van der Waals surface area contributed by atoms with Gasteiger partial charge in [0.15, 0.2) is 11.5 Å². The molecule has 1 spiro atoms. The first-order valence-electron chi connectivity index (χ1n) is 10.7. The molecule has 4 heterocycles. The normalized spacial score (nSPS) is 27.2. The molecule has 2 aromatic heterocycles. The van der Waals surface area contributed by atoms with Crippen molar-refractivity contribution >= 4 is 28.8 Å². The van der Waals surface area contributed by atoms with E-state index in [2.05, 4.69) is 15.0 Å². The van der Waals surface area contributed by atoms with E-state index < -0.39 is 23.3 Å². The lowest BCUT2D eigenvalue weighted by Gasteiger charge is -2.51. The summed E-state index contributed by atoms with van der Waals surface area (Å²) in [6, 6.07) is -0.906. The largest absolute Gasteiger partial charge is 0.388 e. The Bertz CT molecular complexity index is 980. The van der Waals surface area contributed by atoms with Crippen LogP contribution in [-0.4, -0.2) is 72.4 Å². The van der Waals surface area contributed by atoms with Crippen LogP contribution in [0.25, 0.3) is 11.2 Å². The third-order valence-electron chi connectivity index (χ3n) is 6.74. The molecule has 2 aliphatic heterocycles. The Balaban J connectivity index is 1.50. The van der Waals surface area contributed by atoms with E-state index >= 15 is 0 Å². The number of aliphatic hydroxyl groups is 1. The third kappa shape index (κ3) is 3.81. The first-order valence-corrected chi connectivity index (χ1v) is 10.7. The number of carbonyl (C=O) groups is 1. The van der Waals surface area contributed by atoms with Gasteiger partial charge in [-0.15, -0.1) is 0 Å². The number of imidazole rings is 1. The van der Waals surface area contributed by atoms with Gasteiger partial charge >= 0.3 is 0 Å². The Hall–Kier alpha value is -2.50. The lowest BCUT2D eigenvalue weighted by atomic mass is 9.75. The van der Waals surface area contributed by atoms with Crippen molar-refractivity contribution in [1.29, 1.82) is 0 Å². The van der Waals surface area contributed by atoms with E-state index in [-0.39, 0.29) is 30.2 Å². The van der Waals surface area contributed by atoms with Crippen molar-refractivity contribution in [1.82, 2.24) is 24.4 Å². The molecule has 11 heteroatoms. The molecule has 31 heavy (non-hydrogen) atoms. The number of fused-ring (bicyclic) bond motifs is 1. The Morgan fingerprint density at radius 1 is 1.29 bits per heavy atom. The number of nitrogens with zero attached hydrogens (tertiary/aromatic N) is 5. The van der Waals surface area contributed by atoms with Crippen LogP contribution in [0.15, 0.2) is 6.33 Å². The highest BCUT2D eigenvalue weighted by Crippen LogP contribution is 2.44. The Labute approximate surface area is 181 Å². The van der Waals surface area contributed by atoms with Gasteiger partial charge in [0.05, 0.1) is 36.2 Å². The predicted molar refractivity (Wildman–Crippen MR) is 116 cm³/mol. The topological polar surface area (TPSA) is 171 Å². The van der Waals surface area contributed by atoms with Crippen LogP contribution >= 0.6 is 0 Å². The number of nitrogen functional groups attached to an aromatic ring is 2. The number of rotatable bonds is 3. The number of hydrogen-bond acceptors (Lipinski definition) is 9. The maximum atomic E-state index is 12.6. The Morgan fingerprint density at radius 3 is 2.58 bits per heavy atom. The number of amides is 1. The van der Waals surface area contributed by atoms with Gasteiger partial charge < -0.3 is 36.5 Å². The average Bonchev–Trinajstić information content (AvgIpc) is 3.10. The monoisotopic (exact) mass is 432 g/mol. The minimum absolute atomic E-state index is 0.0231. The van der Waals surface area contributed by atoms with Gasteiger partial charge in [0.25, 0.3) is 0 Å². The van der Waals surface area contributed by atoms with Crippen LogP contribution in [0.1, 0.15) is 46.1 Å². The zero-order valence-electron chi connectivity index (χ0n) is 18.3. The van der Waals surface area contributed by atoms with Crippen molar-refractivity contribution in [2.75, 3.05) is 31.2 Å². The fraction of sp³-hybridized carbons (Fsp3) is 0.700. The molecule has 7 N–H and O–H groups in total. The molecule has 0 aliphatic carbocycles. The molecule has 0 radical (unpaired) electrons. The summed E-state index contributed by atoms with van der Waals surface area (Å²) in [6.45, 7) is 7.10. The number of nitrogens with two attached hydrogens (primary N) is 3. The van der Waals surface area contributed by atoms with Crippen molar-refractivity contribution in [3.8, 4) is 0 Å². The summed E-state index contributed by atoms with van der Waals surface area (Å²) in [7, 11) is 0. The van der Waals surface area contributed by atoms with Crippen LogP contribution in [0.2, 0.25) is 0 Å². The summed E-state index contributed by atoms with van der Waals surface area (Å²) in [4.78, 5) is 26.9. The molecule has 11 nitrogen and oxygen atoms in total. The molecule has 3 atom stereocenters. The Morgan fingerprint density at radius 2 is 1.97 bits per heavy atom. The van der Waals surface area contributed by atoms with E-state index in [0.717, 1.165) is 0 Å². The van der Waals surface area contributed by atoms with Gasteiger partial charge in [-0.3, -0.25) is 4.79 Å². The maximum absolute atomic E-state index is 12.6. The molecule has 2 aromatic rings. The molecule has 2 saturated heterocycles. The van der Waals surface area contributed by atoms with E-state index in [0.29, 0.717) is 43.5 Å². The SMILES string of the molecule is CC(C)[C@@H](N)C(=O)N1CCC2(CC1)C[C@@](C)(O)[C@H](n1cnc3c(N)nc(N)nc31)CO2. The highest BCUT2D eigenvalue weighted by atomic mass is 16.5. The van der Waals surface area contributed by atoms with Gasteiger partial charge in [-0.05, 0) is 25.7 Å². The molecular weight excluding hydrogens is 400 g/mol. The van der Waals surface area contributed by atoms with Crippen LogP contribution in [0, 0.1) is 5.92 Å². The molecule has 4 rings (SSSR count). The summed E-state index contributed by atoms with van der Waals surface area (Å²) >= 11 is 0. The highest BCUT2D eigenvalue weighted by molar-refractivity contribution is 5.83. The second-order valence-corrected chi connectivity index (χ2v) is 9.43. The molecule has 0 saturated carbocycles. The van der Waals surface area contributed by atoms with E-state index in [1.165, 1.54) is 0 Å². The molecule has 1 amide bonds. The predicted octanol–water partition coefficient (Wildman–Crippen LogP) is 0.0476. The number of aromatic nitrogens is 4. The standard InChI is InChI=1S/C20H32N8O3/c1-11(2)13(21)17(29)27-6-4-20(5-7-27)9-19(3,30)12(8-31-20)28-10-24-14-15(22)25-18(23)26-16(14)28/h10-13,30H,4-9,21H2,1-3H3,(H4,22,23,25,26)/t12-,13-,19-/m1/s1. The lowest BCUT2D eigenvalue weighted by Crippen LogP contribution is -2.59. The summed E-state index contributed by atoms with van der Waals surface area (Å²) in [5.41, 5.74) is 17.1. The highest BCUT2D eigenvalue weighted by Gasteiger charge is 2.50. The van der Waals surface area contributed by atoms with E-state index in [4.69, 9.17) is 21.9 Å². The van der Waals surface area contributed by atoms with Gasteiger partial charge in [0.1, 0.15) is 5.52 Å². The van der Waals surface area contributed by atoms with Crippen LogP contribution in [0.5, 0.6) is 0 Å².